The molecule has 1 atom stereocenters. The van der Waals surface area contributed by atoms with Gasteiger partial charge in [0, 0.05) is 0 Å². The molecule has 3 heteroatoms. The smallest absolute Gasteiger partial charge is 0.0957 e. The monoisotopic (exact) mass is 225 g/mol. The number of hydrogen-bond acceptors (Lipinski definition) is 2. The van der Waals surface area contributed by atoms with Crippen molar-refractivity contribution >= 4 is 0 Å². The topological polar surface area (TPSA) is 43.8 Å². The van der Waals surface area contributed by atoms with E-state index in [1.807, 2.05) is 41.8 Å². The first-order valence-corrected chi connectivity index (χ1v) is 5.53. The fourth-order valence-corrected chi connectivity index (χ4v) is 1.72. The summed E-state index contributed by atoms with van der Waals surface area (Å²) < 4.78 is 1.98. The number of nitrogens with two attached hydrogens (primary N) is 1. The highest BCUT2D eigenvalue weighted by Crippen LogP contribution is 2.18. The molecule has 0 spiro atoms. The number of hydrogen-bond donors (Lipinski definition) is 1. The van der Waals surface area contributed by atoms with Crippen molar-refractivity contribution in [3.63, 3.8) is 0 Å². The van der Waals surface area contributed by atoms with Crippen molar-refractivity contribution in [1.29, 1.82) is 0 Å². The van der Waals surface area contributed by atoms with Gasteiger partial charge < -0.3 is 10.3 Å². The Balaban J connectivity index is 2.27. The highest BCUT2D eigenvalue weighted by atomic mass is 15.1. The highest BCUT2D eigenvalue weighted by molar-refractivity contribution is 5.26. The average Bonchev–Trinajstić information content (AvgIpc) is 2.84. The summed E-state index contributed by atoms with van der Waals surface area (Å²) in [4.78, 5) is 4.14. The molecule has 2 N–H and O–H groups in total. The lowest BCUT2D eigenvalue weighted by molar-refractivity contribution is 0.715. The van der Waals surface area contributed by atoms with Gasteiger partial charge in [0.05, 0.1) is 30.8 Å². The van der Waals surface area contributed by atoms with Gasteiger partial charge in [-0.3, -0.25) is 0 Å². The van der Waals surface area contributed by atoms with Crippen LogP contribution in [0.4, 0.5) is 0 Å². The van der Waals surface area contributed by atoms with Gasteiger partial charge in [-0.05, 0) is 12.5 Å². The first kappa shape index (κ1) is 11.4. The molecule has 1 unspecified atom stereocenters. The second kappa shape index (κ2) is 5.33. The van der Waals surface area contributed by atoms with Gasteiger partial charge in [-0.25, -0.2) is 4.98 Å². The molecule has 0 saturated heterocycles. The first-order chi connectivity index (χ1) is 8.33. The second-order valence-corrected chi connectivity index (χ2v) is 3.76. The van der Waals surface area contributed by atoms with Gasteiger partial charge in [-0.15, -0.1) is 5.92 Å². The van der Waals surface area contributed by atoms with Gasteiger partial charge in [-0.1, -0.05) is 36.3 Å². The van der Waals surface area contributed by atoms with E-state index in [2.05, 4.69) is 16.8 Å². The zero-order valence-electron chi connectivity index (χ0n) is 9.80. The van der Waals surface area contributed by atoms with Crippen LogP contribution >= 0.6 is 0 Å². The van der Waals surface area contributed by atoms with E-state index in [1.54, 1.807) is 12.5 Å². The van der Waals surface area contributed by atoms with E-state index in [0.717, 1.165) is 11.3 Å². The normalized spacial score (nSPS) is 11.6. The van der Waals surface area contributed by atoms with Crippen LogP contribution in [-0.4, -0.2) is 9.55 Å². The minimum absolute atomic E-state index is 0.155. The molecule has 2 aromatic rings. The van der Waals surface area contributed by atoms with E-state index in [9.17, 15) is 0 Å². The average molecular weight is 225 g/mol. The summed E-state index contributed by atoms with van der Waals surface area (Å²) in [5, 5.41) is 0. The number of nitrogens with zero attached hydrogens (tertiary/aromatic N) is 2. The third-order valence-corrected chi connectivity index (χ3v) is 2.65. The molecule has 17 heavy (non-hydrogen) atoms. The van der Waals surface area contributed by atoms with Crippen LogP contribution in [0.15, 0.2) is 42.9 Å². The minimum Gasteiger partial charge on any atom is -0.321 e. The Kier molecular flexibility index (Phi) is 3.59. The number of benzene rings is 1. The van der Waals surface area contributed by atoms with E-state index in [-0.39, 0.29) is 6.04 Å². The molecule has 3 nitrogen and oxygen atoms in total. The van der Waals surface area contributed by atoms with E-state index in [4.69, 9.17) is 5.73 Å². The molecule has 0 amide bonds. The lowest BCUT2D eigenvalue weighted by Gasteiger charge is -2.13. The molecule has 0 aliphatic heterocycles. The zero-order chi connectivity index (χ0) is 12.1. The third kappa shape index (κ3) is 2.55. The molecule has 1 aromatic carbocycles. The molecule has 1 heterocycles. The molecule has 0 bridgehead atoms. The van der Waals surface area contributed by atoms with Crippen molar-refractivity contribution < 1.29 is 0 Å². The van der Waals surface area contributed by atoms with Crippen LogP contribution in [0.25, 0.3) is 0 Å². The summed E-state index contributed by atoms with van der Waals surface area (Å²) >= 11 is 0. The van der Waals surface area contributed by atoms with E-state index < -0.39 is 0 Å². The molecule has 1 aromatic heterocycles. The molecule has 0 radical (unpaired) electrons. The van der Waals surface area contributed by atoms with Crippen molar-refractivity contribution in [3.05, 3.63) is 54.1 Å². The Morgan fingerprint density at radius 3 is 2.82 bits per heavy atom. The predicted molar refractivity (Wildman–Crippen MR) is 68.1 cm³/mol. The highest BCUT2D eigenvalue weighted by Gasteiger charge is 2.12. The summed E-state index contributed by atoms with van der Waals surface area (Å²) in [6, 6.07) is 9.85. The Labute approximate surface area is 101 Å². The Morgan fingerprint density at radius 2 is 2.12 bits per heavy atom. The van der Waals surface area contributed by atoms with E-state index in [1.165, 1.54) is 0 Å². The van der Waals surface area contributed by atoms with Crippen LogP contribution in [0.1, 0.15) is 24.2 Å². The van der Waals surface area contributed by atoms with Crippen LogP contribution in [-0.2, 0) is 6.54 Å². The molecule has 0 saturated carbocycles. The van der Waals surface area contributed by atoms with Gasteiger partial charge in [0.15, 0.2) is 0 Å². The van der Waals surface area contributed by atoms with Gasteiger partial charge >= 0.3 is 0 Å². The summed E-state index contributed by atoms with van der Waals surface area (Å²) in [6.07, 6.45) is 3.57. The fraction of sp³-hybridized carbons (Fsp3) is 0.214. The zero-order valence-corrected chi connectivity index (χ0v) is 9.80. The molecule has 0 aliphatic rings. The van der Waals surface area contributed by atoms with Crippen LogP contribution in [0.5, 0.6) is 0 Å². The maximum atomic E-state index is 6.22. The summed E-state index contributed by atoms with van der Waals surface area (Å²) in [7, 11) is 0. The molecular formula is C14H15N3. The van der Waals surface area contributed by atoms with Crippen molar-refractivity contribution in [3.8, 4) is 11.8 Å². The summed E-state index contributed by atoms with van der Waals surface area (Å²) in [5.74, 6) is 5.89. The lowest BCUT2D eigenvalue weighted by atomic mass is 10.1. The summed E-state index contributed by atoms with van der Waals surface area (Å²) in [6.45, 7) is 2.46. The number of aromatic nitrogens is 2. The van der Waals surface area contributed by atoms with Crippen molar-refractivity contribution in [2.75, 3.05) is 0 Å². The number of imidazole rings is 1. The van der Waals surface area contributed by atoms with Crippen LogP contribution in [0, 0.1) is 11.8 Å². The van der Waals surface area contributed by atoms with Gasteiger partial charge in [-0.2, -0.15) is 0 Å². The van der Waals surface area contributed by atoms with Crippen molar-refractivity contribution in [2.24, 2.45) is 5.73 Å². The lowest BCUT2D eigenvalue weighted by Crippen LogP contribution is -2.16. The maximum Gasteiger partial charge on any atom is 0.0957 e. The van der Waals surface area contributed by atoms with Crippen molar-refractivity contribution in [2.45, 2.75) is 19.5 Å². The maximum absolute atomic E-state index is 6.22. The summed E-state index contributed by atoms with van der Waals surface area (Å²) in [5.41, 5.74) is 8.29. The van der Waals surface area contributed by atoms with Crippen LogP contribution < -0.4 is 5.73 Å². The standard InChI is InChI=1S/C14H15N3/c1-2-3-9-17-11-16-10-13(17)14(15)12-7-5-4-6-8-12/h4-8,10-11,14H,9,15H2,1H3. The second-order valence-electron chi connectivity index (χ2n) is 3.76. The SMILES string of the molecule is CC#CCn1cncc1C(N)c1ccccc1. The molecular weight excluding hydrogens is 210 g/mol. The Bertz CT molecular complexity index is 531. The Hall–Kier alpha value is -2.05. The largest absolute Gasteiger partial charge is 0.321 e. The molecule has 2 rings (SSSR count). The van der Waals surface area contributed by atoms with Gasteiger partial charge in [0.25, 0.3) is 0 Å². The van der Waals surface area contributed by atoms with Crippen LogP contribution in [0.2, 0.25) is 0 Å². The van der Waals surface area contributed by atoms with Gasteiger partial charge in [0.1, 0.15) is 0 Å². The van der Waals surface area contributed by atoms with Gasteiger partial charge in [0.2, 0.25) is 0 Å². The minimum atomic E-state index is -0.155. The first-order valence-electron chi connectivity index (χ1n) is 5.53. The fourth-order valence-electron chi connectivity index (χ4n) is 1.72. The van der Waals surface area contributed by atoms with E-state index in [0.29, 0.717) is 6.54 Å². The van der Waals surface area contributed by atoms with Crippen molar-refractivity contribution in [1.82, 2.24) is 9.55 Å². The Morgan fingerprint density at radius 1 is 1.35 bits per heavy atom. The predicted octanol–water partition coefficient (Wildman–Crippen LogP) is 1.95. The number of rotatable bonds is 3. The quantitative estimate of drug-likeness (QED) is 0.811. The van der Waals surface area contributed by atoms with Crippen LogP contribution in [0.3, 0.4) is 0 Å². The van der Waals surface area contributed by atoms with E-state index >= 15 is 0 Å². The molecule has 0 fully saturated rings. The molecule has 0 aliphatic carbocycles. The third-order valence-electron chi connectivity index (χ3n) is 2.65. The molecule has 86 valence electrons.